The van der Waals surface area contributed by atoms with Gasteiger partial charge in [-0.2, -0.15) is 0 Å². The number of anilines is 2. The normalized spacial score (nSPS) is 10.4. The summed E-state index contributed by atoms with van der Waals surface area (Å²) in [5.41, 5.74) is 7.75. The summed E-state index contributed by atoms with van der Waals surface area (Å²) in [7, 11) is 2.87. The maximum Gasteiger partial charge on any atom is 0.337 e. The number of amides is 1. The van der Waals surface area contributed by atoms with Crippen LogP contribution in [0.3, 0.4) is 0 Å². The van der Waals surface area contributed by atoms with Crippen molar-refractivity contribution < 1.29 is 19.1 Å². The van der Waals surface area contributed by atoms with Crippen LogP contribution in [0.2, 0.25) is 0 Å². The monoisotopic (exact) mass is 459 g/mol. The van der Waals surface area contributed by atoms with Gasteiger partial charge in [0.2, 0.25) is 0 Å². The molecule has 0 saturated heterocycles. The van der Waals surface area contributed by atoms with Gasteiger partial charge >= 0.3 is 5.97 Å². The highest BCUT2D eigenvalue weighted by Gasteiger charge is 2.19. The van der Waals surface area contributed by atoms with Crippen molar-refractivity contribution in [3.8, 4) is 5.75 Å². The van der Waals surface area contributed by atoms with Gasteiger partial charge in [-0.25, -0.2) is 9.48 Å². The van der Waals surface area contributed by atoms with Gasteiger partial charge in [0.05, 0.1) is 26.3 Å². The average Bonchev–Trinajstić information content (AvgIpc) is 3.08. The molecule has 0 aliphatic carbocycles. The van der Waals surface area contributed by atoms with Crippen molar-refractivity contribution in [2.75, 3.05) is 25.3 Å². The summed E-state index contributed by atoms with van der Waals surface area (Å²) in [6, 6.07) is 11.8. The van der Waals surface area contributed by atoms with Gasteiger partial charge in [-0.15, -0.1) is 5.10 Å². The van der Waals surface area contributed by atoms with Crippen molar-refractivity contribution in [3.05, 3.63) is 63.8 Å². The Morgan fingerprint density at radius 3 is 2.55 bits per heavy atom. The Bertz CT molecular complexity index is 1050. The van der Waals surface area contributed by atoms with Gasteiger partial charge in [0.15, 0.2) is 11.5 Å². The largest absolute Gasteiger partial charge is 0.496 e. The molecule has 0 aliphatic rings. The van der Waals surface area contributed by atoms with E-state index in [1.807, 2.05) is 18.2 Å². The molecule has 150 valence electrons. The number of nitrogens with one attached hydrogen (secondary N) is 1. The van der Waals surface area contributed by atoms with Crippen LogP contribution >= 0.6 is 15.9 Å². The lowest BCUT2D eigenvalue weighted by Crippen LogP contribution is -2.15. The highest BCUT2D eigenvalue weighted by Crippen LogP contribution is 2.25. The number of benzene rings is 2. The molecule has 9 nitrogen and oxygen atoms in total. The Morgan fingerprint density at radius 1 is 1.17 bits per heavy atom. The molecule has 3 rings (SSSR count). The minimum atomic E-state index is -0.513. The van der Waals surface area contributed by atoms with Crippen molar-refractivity contribution in [1.82, 2.24) is 15.0 Å². The van der Waals surface area contributed by atoms with Crippen LogP contribution in [0.1, 0.15) is 26.4 Å². The summed E-state index contributed by atoms with van der Waals surface area (Å²) in [6.45, 7) is 0.280. The smallest absolute Gasteiger partial charge is 0.337 e. The van der Waals surface area contributed by atoms with Gasteiger partial charge in [-0.05, 0) is 42.5 Å². The molecule has 0 spiro atoms. The van der Waals surface area contributed by atoms with Crippen LogP contribution in [0.15, 0.2) is 46.9 Å². The molecule has 0 radical (unpaired) electrons. The molecular formula is C19H18BrN5O4. The number of ether oxygens (including phenoxy) is 2. The molecule has 0 unspecified atom stereocenters. The molecule has 3 aromatic rings. The Hall–Kier alpha value is -3.40. The molecule has 1 heterocycles. The second kappa shape index (κ2) is 8.74. The average molecular weight is 460 g/mol. The van der Waals surface area contributed by atoms with Gasteiger partial charge in [-0.1, -0.05) is 21.1 Å². The van der Waals surface area contributed by atoms with Gasteiger partial charge < -0.3 is 20.5 Å². The maximum absolute atomic E-state index is 12.5. The Morgan fingerprint density at radius 2 is 1.90 bits per heavy atom. The van der Waals surface area contributed by atoms with Crippen molar-refractivity contribution in [3.63, 3.8) is 0 Å². The van der Waals surface area contributed by atoms with E-state index in [1.165, 1.54) is 11.8 Å². The molecule has 1 amide bonds. The molecule has 0 fully saturated rings. The van der Waals surface area contributed by atoms with Crippen LogP contribution in [-0.2, 0) is 11.3 Å². The first-order valence-corrected chi connectivity index (χ1v) is 9.23. The second-order valence-electron chi connectivity index (χ2n) is 5.96. The van der Waals surface area contributed by atoms with E-state index in [2.05, 4.69) is 36.3 Å². The number of hydrogen-bond donors (Lipinski definition) is 2. The van der Waals surface area contributed by atoms with Crippen molar-refractivity contribution in [2.45, 2.75) is 6.54 Å². The van der Waals surface area contributed by atoms with E-state index < -0.39 is 11.9 Å². The number of nitrogen functional groups attached to an aromatic ring is 1. The SMILES string of the molecule is COC(=O)c1ccc(NC(=O)c2nnn(Cc3cc(Br)ccc3OC)c2N)cc1. The van der Waals surface area contributed by atoms with E-state index in [1.54, 1.807) is 31.4 Å². The number of methoxy groups -OCH3 is 2. The lowest BCUT2D eigenvalue weighted by atomic mass is 10.2. The minimum Gasteiger partial charge on any atom is -0.496 e. The zero-order valence-corrected chi connectivity index (χ0v) is 17.3. The summed E-state index contributed by atoms with van der Waals surface area (Å²) in [5.74, 6) is -0.186. The molecule has 29 heavy (non-hydrogen) atoms. The van der Waals surface area contributed by atoms with E-state index in [0.29, 0.717) is 17.0 Å². The predicted molar refractivity (Wildman–Crippen MR) is 110 cm³/mol. The summed E-state index contributed by atoms with van der Waals surface area (Å²) in [4.78, 5) is 24.0. The summed E-state index contributed by atoms with van der Waals surface area (Å²) < 4.78 is 12.3. The number of nitrogens with zero attached hydrogens (tertiary/aromatic N) is 3. The quantitative estimate of drug-likeness (QED) is 0.543. The first-order valence-electron chi connectivity index (χ1n) is 8.44. The lowest BCUT2D eigenvalue weighted by molar-refractivity contribution is 0.0600. The summed E-state index contributed by atoms with van der Waals surface area (Å²) in [6.07, 6.45) is 0. The third kappa shape index (κ3) is 4.54. The number of hydrogen-bond acceptors (Lipinski definition) is 7. The van der Waals surface area contributed by atoms with Gasteiger partial charge in [0, 0.05) is 15.7 Å². The molecule has 0 atom stereocenters. The summed E-state index contributed by atoms with van der Waals surface area (Å²) in [5, 5.41) is 10.5. The van der Waals surface area contributed by atoms with Gasteiger partial charge in [-0.3, -0.25) is 4.79 Å². The number of halogens is 1. The van der Waals surface area contributed by atoms with Crippen LogP contribution in [0, 0.1) is 0 Å². The fraction of sp³-hybridized carbons (Fsp3) is 0.158. The highest BCUT2D eigenvalue weighted by molar-refractivity contribution is 9.10. The zero-order valence-electron chi connectivity index (χ0n) is 15.7. The second-order valence-corrected chi connectivity index (χ2v) is 6.88. The summed E-state index contributed by atoms with van der Waals surface area (Å²) >= 11 is 3.42. The van der Waals surface area contributed by atoms with Crippen LogP contribution in [0.25, 0.3) is 0 Å². The topological polar surface area (TPSA) is 121 Å². The first kappa shape index (κ1) is 20.3. The fourth-order valence-corrected chi connectivity index (χ4v) is 3.04. The Balaban J connectivity index is 1.76. The third-order valence-corrected chi connectivity index (χ3v) is 4.61. The van der Waals surface area contributed by atoms with Crippen molar-refractivity contribution >= 4 is 39.3 Å². The minimum absolute atomic E-state index is 0.00370. The molecular weight excluding hydrogens is 442 g/mol. The van der Waals surface area contributed by atoms with E-state index >= 15 is 0 Å². The van der Waals surface area contributed by atoms with Crippen LogP contribution < -0.4 is 15.8 Å². The van der Waals surface area contributed by atoms with E-state index in [4.69, 9.17) is 10.5 Å². The zero-order chi connectivity index (χ0) is 21.0. The molecule has 3 N–H and O–H groups in total. The maximum atomic E-state index is 12.5. The first-order chi connectivity index (χ1) is 13.9. The predicted octanol–water partition coefficient (Wildman–Crippen LogP) is 2.72. The van der Waals surface area contributed by atoms with E-state index in [0.717, 1.165) is 10.0 Å². The van der Waals surface area contributed by atoms with Crippen molar-refractivity contribution in [1.29, 1.82) is 0 Å². The molecule has 0 bridgehead atoms. The van der Waals surface area contributed by atoms with Crippen LogP contribution in [0.4, 0.5) is 11.5 Å². The van der Waals surface area contributed by atoms with E-state index in [-0.39, 0.29) is 18.1 Å². The molecule has 0 aliphatic heterocycles. The van der Waals surface area contributed by atoms with E-state index in [9.17, 15) is 9.59 Å². The number of nitrogens with two attached hydrogens (primary N) is 1. The number of esters is 1. The van der Waals surface area contributed by atoms with Crippen molar-refractivity contribution in [2.24, 2.45) is 0 Å². The van der Waals surface area contributed by atoms with Crippen LogP contribution in [0.5, 0.6) is 5.75 Å². The molecule has 2 aromatic carbocycles. The Labute approximate surface area is 174 Å². The Kier molecular flexibility index (Phi) is 6.13. The fourth-order valence-electron chi connectivity index (χ4n) is 2.63. The molecule has 1 aromatic heterocycles. The highest BCUT2D eigenvalue weighted by atomic mass is 79.9. The number of carbonyl (C=O) groups is 2. The number of carbonyl (C=O) groups excluding carboxylic acids is 2. The standard InChI is InChI=1S/C19H18BrN5O4/c1-28-15-8-5-13(20)9-12(15)10-25-17(21)16(23-24-25)18(26)22-14-6-3-11(4-7-14)19(27)29-2/h3-9H,10,21H2,1-2H3,(H,22,26). The third-order valence-electron chi connectivity index (χ3n) is 4.11. The van der Waals surface area contributed by atoms with Crippen LogP contribution in [-0.4, -0.2) is 41.1 Å². The number of aromatic nitrogens is 3. The van der Waals surface area contributed by atoms with Gasteiger partial charge in [0.1, 0.15) is 5.75 Å². The number of rotatable bonds is 6. The lowest BCUT2D eigenvalue weighted by Gasteiger charge is -2.10. The molecule has 0 saturated carbocycles. The molecule has 10 heteroatoms. The van der Waals surface area contributed by atoms with Gasteiger partial charge in [0.25, 0.3) is 5.91 Å².